The highest BCUT2D eigenvalue weighted by Gasteiger charge is 2.37. The molecule has 130 valence electrons. The molecule has 0 saturated heterocycles. The second-order valence-electron chi connectivity index (χ2n) is 6.32. The molecule has 4 aromatic rings. The van der Waals surface area contributed by atoms with Crippen LogP contribution in [0.3, 0.4) is 0 Å². The number of fused-ring (bicyclic) bond motifs is 2. The topological polar surface area (TPSA) is 92.3 Å². The van der Waals surface area contributed by atoms with Crippen LogP contribution >= 0.6 is 0 Å². The van der Waals surface area contributed by atoms with Crippen LogP contribution in [0.15, 0.2) is 47.7 Å². The second kappa shape index (κ2) is 5.55. The third kappa shape index (κ3) is 2.15. The van der Waals surface area contributed by atoms with E-state index in [1.165, 1.54) is 6.39 Å². The number of rotatable bonds is 2. The summed E-state index contributed by atoms with van der Waals surface area (Å²) in [5.41, 5.74) is 4.04. The number of hydrogen-bond acceptors (Lipinski definition) is 5. The summed E-state index contributed by atoms with van der Waals surface area (Å²) < 4.78 is 7.28. The first kappa shape index (κ1) is 14.9. The molecule has 0 radical (unpaired) electrons. The summed E-state index contributed by atoms with van der Waals surface area (Å²) in [6.45, 7) is 2.31. The molecule has 0 fully saturated rings. The van der Waals surface area contributed by atoms with Crippen molar-refractivity contribution in [2.75, 3.05) is 6.54 Å². The first-order valence-corrected chi connectivity index (χ1v) is 8.39. The number of hydrogen-bond donors (Lipinski definition) is 1. The minimum atomic E-state index is -0.373. The number of nitrogens with zero attached hydrogens (tertiary/aromatic N) is 5. The van der Waals surface area contributed by atoms with E-state index >= 15 is 0 Å². The standard InChI is InChI=1S/C18H16N6O2/c1-11-17(26-10-21-11)18(25)24-7-5-12-15(20-9-19-12)16(24)13-8-23-6-3-2-4-14(23)22-13/h2-4,6,8-10,16H,5,7H2,1H3,(H,19,20)/t16-/m1/s1. The molecule has 0 spiro atoms. The van der Waals surface area contributed by atoms with Gasteiger partial charge in [0.2, 0.25) is 5.76 Å². The number of carbonyl (C=O) groups is 1. The molecule has 26 heavy (non-hydrogen) atoms. The Balaban J connectivity index is 1.64. The number of imidazole rings is 2. The van der Waals surface area contributed by atoms with Crippen molar-refractivity contribution in [1.82, 2.24) is 29.2 Å². The first-order chi connectivity index (χ1) is 12.7. The summed E-state index contributed by atoms with van der Waals surface area (Å²) in [7, 11) is 0. The summed E-state index contributed by atoms with van der Waals surface area (Å²) in [5, 5.41) is 0. The first-order valence-electron chi connectivity index (χ1n) is 8.39. The lowest BCUT2D eigenvalue weighted by atomic mass is 9.99. The van der Waals surface area contributed by atoms with Crippen LogP contribution in [0.4, 0.5) is 0 Å². The van der Waals surface area contributed by atoms with Crippen molar-refractivity contribution in [3.05, 3.63) is 71.8 Å². The van der Waals surface area contributed by atoms with Gasteiger partial charge in [-0.25, -0.2) is 15.0 Å². The van der Waals surface area contributed by atoms with E-state index in [9.17, 15) is 4.79 Å². The van der Waals surface area contributed by atoms with E-state index in [4.69, 9.17) is 9.40 Å². The van der Waals surface area contributed by atoms with Gasteiger partial charge in [0.05, 0.1) is 23.4 Å². The number of aromatic nitrogens is 5. The molecule has 1 aliphatic heterocycles. The van der Waals surface area contributed by atoms with E-state index in [0.29, 0.717) is 18.7 Å². The van der Waals surface area contributed by atoms with Gasteiger partial charge in [-0.1, -0.05) is 6.07 Å². The molecule has 8 nitrogen and oxygen atoms in total. The van der Waals surface area contributed by atoms with Gasteiger partial charge < -0.3 is 18.7 Å². The van der Waals surface area contributed by atoms with Gasteiger partial charge in [0.25, 0.3) is 5.91 Å². The van der Waals surface area contributed by atoms with Crippen molar-refractivity contribution in [2.24, 2.45) is 0 Å². The van der Waals surface area contributed by atoms with E-state index in [0.717, 1.165) is 22.7 Å². The molecular formula is C18H16N6O2. The lowest BCUT2D eigenvalue weighted by Crippen LogP contribution is -2.41. The van der Waals surface area contributed by atoms with E-state index in [1.54, 1.807) is 18.2 Å². The van der Waals surface area contributed by atoms with Crippen molar-refractivity contribution in [2.45, 2.75) is 19.4 Å². The van der Waals surface area contributed by atoms with E-state index < -0.39 is 0 Å². The Labute approximate surface area is 148 Å². The van der Waals surface area contributed by atoms with E-state index in [1.807, 2.05) is 35.0 Å². The van der Waals surface area contributed by atoms with Crippen molar-refractivity contribution >= 4 is 11.6 Å². The molecule has 1 N–H and O–H groups in total. The van der Waals surface area contributed by atoms with Crippen molar-refractivity contribution < 1.29 is 9.21 Å². The molecule has 0 saturated carbocycles. The Kier molecular flexibility index (Phi) is 3.18. The number of oxazole rings is 1. The monoisotopic (exact) mass is 348 g/mol. The Morgan fingerprint density at radius 2 is 2.27 bits per heavy atom. The highest BCUT2D eigenvalue weighted by Crippen LogP contribution is 2.34. The minimum absolute atomic E-state index is 0.198. The number of carbonyl (C=O) groups excluding carboxylic acids is 1. The third-order valence-electron chi connectivity index (χ3n) is 4.79. The zero-order valence-corrected chi connectivity index (χ0v) is 14.1. The maximum atomic E-state index is 13.1. The maximum Gasteiger partial charge on any atom is 0.292 e. The summed E-state index contributed by atoms with van der Waals surface area (Å²) >= 11 is 0. The molecule has 0 bridgehead atoms. The van der Waals surface area contributed by atoms with E-state index in [-0.39, 0.29) is 17.7 Å². The highest BCUT2D eigenvalue weighted by molar-refractivity contribution is 5.93. The number of amides is 1. The Hall–Kier alpha value is -3.42. The average Bonchev–Trinajstić information content (AvgIpc) is 3.38. The Morgan fingerprint density at radius 3 is 3.08 bits per heavy atom. The van der Waals surface area contributed by atoms with Crippen molar-refractivity contribution in [3.8, 4) is 0 Å². The molecule has 4 aromatic heterocycles. The molecule has 1 aliphatic rings. The third-order valence-corrected chi connectivity index (χ3v) is 4.79. The van der Waals surface area contributed by atoms with Gasteiger partial charge in [-0.3, -0.25) is 4.79 Å². The minimum Gasteiger partial charge on any atom is -0.438 e. The number of H-pyrrole nitrogens is 1. The molecule has 5 rings (SSSR count). The number of aromatic amines is 1. The Bertz CT molecular complexity index is 1070. The normalized spacial score (nSPS) is 16.8. The summed E-state index contributed by atoms with van der Waals surface area (Å²) in [5.74, 6) is 0.0634. The number of pyridine rings is 1. The van der Waals surface area contributed by atoms with Crippen LogP contribution < -0.4 is 0 Å². The smallest absolute Gasteiger partial charge is 0.292 e. The fourth-order valence-electron chi connectivity index (χ4n) is 3.52. The van der Waals surface area contributed by atoms with Crippen LogP contribution in [-0.2, 0) is 6.42 Å². The molecule has 1 amide bonds. The Morgan fingerprint density at radius 1 is 1.35 bits per heavy atom. The van der Waals surface area contributed by atoms with Crippen molar-refractivity contribution in [1.29, 1.82) is 0 Å². The van der Waals surface area contributed by atoms with Crippen LogP contribution in [-0.4, -0.2) is 41.7 Å². The van der Waals surface area contributed by atoms with Gasteiger partial charge in [0, 0.05) is 31.1 Å². The maximum absolute atomic E-state index is 13.1. The molecule has 0 unspecified atom stereocenters. The summed E-state index contributed by atoms with van der Waals surface area (Å²) in [6, 6.07) is 5.44. The van der Waals surface area contributed by atoms with Crippen LogP contribution in [0.25, 0.3) is 5.65 Å². The lowest BCUT2D eigenvalue weighted by molar-refractivity contribution is 0.0654. The quantitative estimate of drug-likeness (QED) is 0.599. The molecule has 0 aromatic carbocycles. The summed E-state index contributed by atoms with van der Waals surface area (Å²) in [4.78, 5) is 31.3. The van der Waals surface area contributed by atoms with Gasteiger partial charge in [-0.15, -0.1) is 0 Å². The highest BCUT2D eigenvalue weighted by atomic mass is 16.3. The predicted molar refractivity (Wildman–Crippen MR) is 91.6 cm³/mol. The van der Waals surface area contributed by atoms with Gasteiger partial charge in [0.15, 0.2) is 6.39 Å². The molecule has 1 atom stereocenters. The average molecular weight is 348 g/mol. The van der Waals surface area contributed by atoms with Crippen molar-refractivity contribution in [3.63, 3.8) is 0 Å². The lowest BCUT2D eigenvalue weighted by Gasteiger charge is -2.33. The van der Waals surface area contributed by atoms with E-state index in [2.05, 4.69) is 15.0 Å². The zero-order valence-electron chi connectivity index (χ0n) is 14.1. The molecule has 8 heteroatoms. The molecule has 0 aliphatic carbocycles. The zero-order chi connectivity index (χ0) is 17.7. The van der Waals surface area contributed by atoms with Gasteiger partial charge in [-0.05, 0) is 19.1 Å². The van der Waals surface area contributed by atoms with Gasteiger partial charge in [0.1, 0.15) is 11.7 Å². The van der Waals surface area contributed by atoms with Crippen LogP contribution in [0.1, 0.15) is 39.4 Å². The summed E-state index contributed by atoms with van der Waals surface area (Å²) in [6.07, 6.45) is 7.55. The number of nitrogens with one attached hydrogen (secondary N) is 1. The second-order valence-corrected chi connectivity index (χ2v) is 6.32. The predicted octanol–water partition coefficient (Wildman–Crippen LogP) is 2.14. The molecule has 5 heterocycles. The van der Waals surface area contributed by atoms with Gasteiger partial charge >= 0.3 is 0 Å². The van der Waals surface area contributed by atoms with Crippen LogP contribution in [0.2, 0.25) is 0 Å². The van der Waals surface area contributed by atoms with Gasteiger partial charge in [-0.2, -0.15) is 0 Å². The van der Waals surface area contributed by atoms with Crippen LogP contribution in [0.5, 0.6) is 0 Å². The largest absolute Gasteiger partial charge is 0.438 e. The fourth-order valence-corrected chi connectivity index (χ4v) is 3.52. The van der Waals surface area contributed by atoms with Crippen LogP contribution in [0, 0.1) is 6.92 Å². The molecular weight excluding hydrogens is 332 g/mol. The SMILES string of the molecule is Cc1ncoc1C(=O)N1CCc2[nH]cnc2[C@H]1c1cn2ccccc2n1. The number of aryl methyl sites for hydroxylation is 1. The fraction of sp³-hybridized carbons (Fsp3) is 0.222.